The summed E-state index contributed by atoms with van der Waals surface area (Å²) in [5.41, 5.74) is 2.52. The van der Waals surface area contributed by atoms with Gasteiger partial charge in [0.05, 0.1) is 20.3 Å². The van der Waals surface area contributed by atoms with Gasteiger partial charge in [-0.25, -0.2) is 19.9 Å². The molecular formula is C25H21N5O3. The molecule has 1 aliphatic heterocycles. The van der Waals surface area contributed by atoms with Crippen LogP contribution >= 0.6 is 0 Å². The molecule has 1 aliphatic rings. The van der Waals surface area contributed by atoms with Crippen molar-refractivity contribution in [1.29, 1.82) is 0 Å². The fraction of sp³-hybridized carbons (Fsp3) is 0.160. The van der Waals surface area contributed by atoms with Gasteiger partial charge in [0.15, 0.2) is 23.1 Å². The van der Waals surface area contributed by atoms with E-state index in [2.05, 4.69) is 19.9 Å². The van der Waals surface area contributed by atoms with E-state index in [-0.39, 0.29) is 11.9 Å². The van der Waals surface area contributed by atoms with E-state index in [1.165, 1.54) is 0 Å². The maximum Gasteiger partial charge on any atom is 0.260 e. The topological polar surface area (TPSA) is 90.3 Å². The van der Waals surface area contributed by atoms with Crippen LogP contribution in [0, 0.1) is 0 Å². The predicted molar refractivity (Wildman–Crippen MR) is 122 cm³/mol. The Balaban J connectivity index is 1.63. The fourth-order valence-corrected chi connectivity index (χ4v) is 4.07. The lowest BCUT2D eigenvalue weighted by Crippen LogP contribution is -2.30. The quantitative estimate of drug-likeness (QED) is 0.450. The summed E-state index contributed by atoms with van der Waals surface area (Å²) in [4.78, 5) is 32.8. The number of carbonyl (C=O) groups excluding carboxylic acids is 1. The van der Waals surface area contributed by atoms with Crippen molar-refractivity contribution in [2.75, 3.05) is 19.1 Å². The molecule has 0 saturated heterocycles. The molecule has 8 nitrogen and oxygen atoms in total. The molecule has 0 saturated carbocycles. The van der Waals surface area contributed by atoms with Crippen molar-refractivity contribution < 1.29 is 14.3 Å². The number of fused-ring (bicyclic) bond motifs is 1. The van der Waals surface area contributed by atoms with Crippen LogP contribution in [-0.2, 0) is 6.42 Å². The minimum absolute atomic E-state index is 0.162. The van der Waals surface area contributed by atoms with Gasteiger partial charge in [0.2, 0.25) is 0 Å². The molecule has 2 aromatic carbocycles. The predicted octanol–water partition coefficient (Wildman–Crippen LogP) is 3.90. The minimum atomic E-state index is -0.283. The Bertz CT molecular complexity index is 1300. The highest BCUT2D eigenvalue weighted by molar-refractivity contribution is 6.11. The Morgan fingerprint density at radius 1 is 0.848 bits per heavy atom. The minimum Gasteiger partial charge on any atom is -0.493 e. The maximum absolute atomic E-state index is 13.7. The molecule has 1 amide bonds. The lowest BCUT2D eigenvalue weighted by atomic mass is 9.97. The van der Waals surface area contributed by atoms with Crippen molar-refractivity contribution >= 4 is 11.7 Å². The van der Waals surface area contributed by atoms with Gasteiger partial charge < -0.3 is 9.47 Å². The Labute approximate surface area is 190 Å². The van der Waals surface area contributed by atoms with Crippen molar-refractivity contribution in [3.8, 4) is 23.1 Å². The SMILES string of the molecule is COc1cc2c(cc1OC)[C@@H](Cc1ccccc1)N(c1ccnc(-c3ncccn3)n1)C2=O. The molecule has 0 unspecified atom stereocenters. The van der Waals surface area contributed by atoms with Crippen molar-refractivity contribution in [3.05, 3.63) is 89.9 Å². The average molecular weight is 439 g/mol. The van der Waals surface area contributed by atoms with E-state index in [9.17, 15) is 4.79 Å². The van der Waals surface area contributed by atoms with Gasteiger partial charge >= 0.3 is 0 Å². The molecular weight excluding hydrogens is 418 g/mol. The van der Waals surface area contributed by atoms with Gasteiger partial charge in [0.1, 0.15) is 5.82 Å². The molecule has 0 aliphatic carbocycles. The number of amides is 1. The average Bonchev–Trinajstić information content (AvgIpc) is 3.14. The van der Waals surface area contributed by atoms with Gasteiger partial charge in [-0.05, 0) is 41.8 Å². The van der Waals surface area contributed by atoms with Crippen LogP contribution in [0.3, 0.4) is 0 Å². The third kappa shape index (κ3) is 3.76. The van der Waals surface area contributed by atoms with Gasteiger partial charge in [-0.1, -0.05) is 30.3 Å². The third-order valence-corrected chi connectivity index (χ3v) is 5.60. The van der Waals surface area contributed by atoms with E-state index in [0.717, 1.165) is 11.1 Å². The highest BCUT2D eigenvalue weighted by atomic mass is 16.5. The van der Waals surface area contributed by atoms with Crippen LogP contribution in [0.25, 0.3) is 11.6 Å². The van der Waals surface area contributed by atoms with Gasteiger partial charge in [-0.15, -0.1) is 0 Å². The molecule has 0 fully saturated rings. The zero-order valence-electron chi connectivity index (χ0n) is 18.2. The van der Waals surface area contributed by atoms with Crippen LogP contribution in [0.15, 0.2) is 73.2 Å². The number of carbonyl (C=O) groups is 1. The van der Waals surface area contributed by atoms with Crippen LogP contribution in [0.4, 0.5) is 5.82 Å². The van der Waals surface area contributed by atoms with Gasteiger partial charge in [-0.2, -0.15) is 0 Å². The molecule has 0 radical (unpaired) electrons. The van der Waals surface area contributed by atoms with Crippen LogP contribution < -0.4 is 14.4 Å². The Morgan fingerprint density at radius 2 is 1.55 bits per heavy atom. The molecule has 5 rings (SSSR count). The lowest BCUT2D eigenvalue weighted by Gasteiger charge is -2.25. The molecule has 33 heavy (non-hydrogen) atoms. The number of nitrogens with zero attached hydrogens (tertiary/aromatic N) is 5. The summed E-state index contributed by atoms with van der Waals surface area (Å²) in [5, 5.41) is 0. The summed E-state index contributed by atoms with van der Waals surface area (Å²) in [6, 6.07) is 16.8. The van der Waals surface area contributed by atoms with Crippen molar-refractivity contribution in [2.45, 2.75) is 12.5 Å². The second-order valence-corrected chi connectivity index (χ2v) is 7.49. The number of rotatable bonds is 6. The van der Waals surface area contributed by atoms with Gasteiger partial charge in [0, 0.05) is 24.2 Å². The van der Waals surface area contributed by atoms with Crippen LogP contribution in [0.2, 0.25) is 0 Å². The molecule has 164 valence electrons. The lowest BCUT2D eigenvalue weighted by molar-refractivity contribution is 0.0990. The molecule has 0 N–H and O–H groups in total. The van der Waals surface area contributed by atoms with E-state index in [1.54, 1.807) is 55.9 Å². The first-order valence-corrected chi connectivity index (χ1v) is 10.4. The summed E-state index contributed by atoms with van der Waals surface area (Å²) in [6.07, 6.45) is 5.49. The second kappa shape index (κ2) is 8.66. The van der Waals surface area contributed by atoms with E-state index in [1.807, 2.05) is 36.4 Å². The monoisotopic (exact) mass is 439 g/mol. The zero-order valence-corrected chi connectivity index (χ0v) is 18.2. The summed E-state index contributed by atoms with van der Waals surface area (Å²) in [5.74, 6) is 2.14. The number of anilines is 1. The zero-order chi connectivity index (χ0) is 22.8. The highest BCUT2D eigenvalue weighted by Crippen LogP contribution is 2.43. The van der Waals surface area contributed by atoms with Crippen LogP contribution in [-0.4, -0.2) is 40.1 Å². The number of ether oxygens (including phenoxy) is 2. The second-order valence-electron chi connectivity index (χ2n) is 7.49. The smallest absolute Gasteiger partial charge is 0.260 e. The molecule has 1 atom stereocenters. The van der Waals surface area contributed by atoms with Crippen LogP contribution in [0.1, 0.15) is 27.5 Å². The van der Waals surface area contributed by atoms with E-state index in [4.69, 9.17) is 9.47 Å². The highest BCUT2D eigenvalue weighted by Gasteiger charge is 2.40. The summed E-state index contributed by atoms with van der Waals surface area (Å²) >= 11 is 0. The Morgan fingerprint density at radius 3 is 2.27 bits per heavy atom. The molecule has 4 aromatic rings. The molecule has 2 aromatic heterocycles. The first-order chi connectivity index (χ1) is 16.2. The molecule has 3 heterocycles. The third-order valence-electron chi connectivity index (χ3n) is 5.60. The Kier molecular flexibility index (Phi) is 5.40. The van der Waals surface area contributed by atoms with Crippen molar-refractivity contribution in [2.24, 2.45) is 0 Å². The number of benzene rings is 2. The van der Waals surface area contributed by atoms with Crippen molar-refractivity contribution in [1.82, 2.24) is 19.9 Å². The maximum atomic E-state index is 13.7. The van der Waals surface area contributed by atoms with E-state index >= 15 is 0 Å². The molecule has 0 bridgehead atoms. The number of methoxy groups -OCH3 is 2. The summed E-state index contributed by atoms with van der Waals surface area (Å²) in [7, 11) is 3.14. The standard InChI is InChI=1S/C25H21N5O3/c1-32-20-14-17-18(15-21(20)33-2)25(31)30(19(17)13-16-7-4-3-5-8-16)22-9-12-28-24(29-22)23-26-10-6-11-27-23/h3-12,14-15,19H,13H2,1-2H3/t19-/m1/s1. The van der Waals surface area contributed by atoms with Gasteiger partial charge in [0.25, 0.3) is 5.91 Å². The Hall–Kier alpha value is -4.33. The summed E-state index contributed by atoms with van der Waals surface area (Å²) < 4.78 is 11.0. The fourth-order valence-electron chi connectivity index (χ4n) is 4.07. The number of aromatic nitrogens is 4. The summed E-state index contributed by atoms with van der Waals surface area (Å²) in [6.45, 7) is 0. The normalized spacial score (nSPS) is 14.8. The van der Waals surface area contributed by atoms with Gasteiger partial charge in [-0.3, -0.25) is 9.69 Å². The first-order valence-electron chi connectivity index (χ1n) is 10.4. The number of hydrogen-bond donors (Lipinski definition) is 0. The van der Waals surface area contributed by atoms with Crippen LogP contribution in [0.5, 0.6) is 11.5 Å². The first kappa shape index (κ1) is 20.6. The molecule has 8 heteroatoms. The van der Waals surface area contributed by atoms with E-state index < -0.39 is 0 Å². The molecule has 0 spiro atoms. The largest absolute Gasteiger partial charge is 0.493 e. The van der Waals surface area contributed by atoms with E-state index in [0.29, 0.717) is 40.9 Å². The number of hydrogen-bond acceptors (Lipinski definition) is 7. The van der Waals surface area contributed by atoms with Crippen molar-refractivity contribution in [3.63, 3.8) is 0 Å².